The zero-order valence-electron chi connectivity index (χ0n) is 18.0. The maximum atomic E-state index is 13.2. The highest BCUT2D eigenvalue weighted by atomic mass is 16.6. The van der Waals surface area contributed by atoms with E-state index in [1.54, 1.807) is 51.2 Å². The molecule has 1 saturated heterocycles. The maximum absolute atomic E-state index is 13.2. The summed E-state index contributed by atoms with van der Waals surface area (Å²) in [7, 11) is 4.97. The van der Waals surface area contributed by atoms with Gasteiger partial charge in [0.25, 0.3) is 5.91 Å². The molecule has 1 aromatic carbocycles. The molecule has 0 spiro atoms. The molecule has 0 aliphatic carbocycles. The molecular formula is C22H29N3O5. The van der Waals surface area contributed by atoms with E-state index in [1.165, 1.54) is 4.90 Å². The Morgan fingerprint density at radius 3 is 2.67 bits per heavy atom. The smallest absolute Gasteiger partial charge is 0.258 e. The summed E-state index contributed by atoms with van der Waals surface area (Å²) in [5.74, 6) is -0.314. The van der Waals surface area contributed by atoms with Gasteiger partial charge in [0, 0.05) is 27.7 Å². The van der Waals surface area contributed by atoms with Crippen molar-refractivity contribution < 1.29 is 23.8 Å². The van der Waals surface area contributed by atoms with Crippen LogP contribution in [-0.4, -0.2) is 80.3 Å². The Kier molecular flexibility index (Phi) is 6.95. The van der Waals surface area contributed by atoms with Crippen LogP contribution in [0.3, 0.4) is 0 Å². The molecule has 0 aromatic heterocycles. The Morgan fingerprint density at radius 2 is 1.97 bits per heavy atom. The van der Waals surface area contributed by atoms with Crippen LogP contribution in [0.4, 0.5) is 0 Å². The quantitative estimate of drug-likeness (QED) is 0.695. The van der Waals surface area contributed by atoms with Gasteiger partial charge in [-0.15, -0.1) is 0 Å². The number of nitriles is 1. The van der Waals surface area contributed by atoms with Gasteiger partial charge in [-0.25, -0.2) is 0 Å². The number of carbonyl (C=O) groups is 2. The molecule has 0 unspecified atom stereocenters. The van der Waals surface area contributed by atoms with Gasteiger partial charge in [0.1, 0.15) is 30.6 Å². The van der Waals surface area contributed by atoms with Gasteiger partial charge in [0.2, 0.25) is 5.91 Å². The van der Waals surface area contributed by atoms with Gasteiger partial charge in [-0.05, 0) is 38.3 Å². The molecule has 1 aromatic rings. The molecule has 8 heteroatoms. The number of carbonyl (C=O) groups excluding carboxylic acids is 2. The van der Waals surface area contributed by atoms with Crippen molar-refractivity contribution in [1.82, 2.24) is 9.80 Å². The van der Waals surface area contributed by atoms with Crippen LogP contribution in [0.25, 0.3) is 0 Å². The van der Waals surface area contributed by atoms with E-state index in [-0.39, 0.29) is 53.6 Å². The van der Waals surface area contributed by atoms with Gasteiger partial charge in [-0.2, -0.15) is 5.26 Å². The fourth-order valence-electron chi connectivity index (χ4n) is 3.98. The number of likely N-dealkylation sites (N-methyl/N-ethyl adjacent to an activating group) is 2. The van der Waals surface area contributed by atoms with Crippen LogP contribution >= 0.6 is 0 Å². The summed E-state index contributed by atoms with van der Waals surface area (Å²) < 4.78 is 17.8. The second kappa shape index (κ2) is 9.45. The first-order chi connectivity index (χ1) is 14.4. The SMILES string of the molecule is CO[C@@H]1CC[C@H]2CCN(C)C(=O)[C@H](C)N(C)C(=O)c3cccc(C#N)c3OC[C@H]1O2. The third kappa shape index (κ3) is 4.42. The molecule has 0 N–H and O–H groups in total. The van der Waals surface area contributed by atoms with E-state index in [4.69, 9.17) is 14.2 Å². The first kappa shape index (κ1) is 22.1. The largest absolute Gasteiger partial charge is 0.489 e. The minimum atomic E-state index is -0.651. The fourth-order valence-corrected chi connectivity index (χ4v) is 3.98. The minimum absolute atomic E-state index is 0.0106. The number of hydrogen-bond donors (Lipinski definition) is 0. The first-order valence-electron chi connectivity index (χ1n) is 10.2. The van der Waals surface area contributed by atoms with E-state index in [0.29, 0.717) is 13.0 Å². The average molecular weight is 415 g/mol. The number of nitrogens with zero attached hydrogens (tertiary/aromatic N) is 3. The van der Waals surface area contributed by atoms with Crippen molar-refractivity contribution in [3.8, 4) is 11.8 Å². The lowest BCUT2D eigenvalue weighted by molar-refractivity contribution is -0.146. The van der Waals surface area contributed by atoms with Crippen LogP contribution in [0.2, 0.25) is 0 Å². The molecule has 2 amide bonds. The monoisotopic (exact) mass is 415 g/mol. The second-order valence-electron chi connectivity index (χ2n) is 7.89. The Bertz CT molecular complexity index is 837. The van der Waals surface area contributed by atoms with Gasteiger partial charge in [0.05, 0.1) is 23.3 Å². The molecule has 2 heterocycles. The number of benzene rings is 1. The molecule has 2 bridgehead atoms. The van der Waals surface area contributed by atoms with E-state index in [2.05, 4.69) is 6.07 Å². The number of amides is 2. The lowest BCUT2D eigenvalue weighted by Crippen LogP contribution is -2.48. The molecule has 30 heavy (non-hydrogen) atoms. The number of ether oxygens (including phenoxy) is 3. The number of fused-ring (bicyclic) bond motifs is 3. The topological polar surface area (TPSA) is 92.1 Å². The summed E-state index contributed by atoms with van der Waals surface area (Å²) >= 11 is 0. The van der Waals surface area contributed by atoms with Crippen LogP contribution in [0.15, 0.2) is 18.2 Å². The number of methoxy groups -OCH3 is 1. The molecule has 0 saturated carbocycles. The van der Waals surface area contributed by atoms with Crippen molar-refractivity contribution in [2.45, 2.75) is 50.5 Å². The van der Waals surface area contributed by atoms with Crippen molar-refractivity contribution in [2.75, 3.05) is 34.4 Å². The Morgan fingerprint density at radius 1 is 1.20 bits per heavy atom. The second-order valence-corrected chi connectivity index (χ2v) is 7.89. The van der Waals surface area contributed by atoms with Gasteiger partial charge in [-0.3, -0.25) is 9.59 Å². The van der Waals surface area contributed by atoms with Crippen molar-refractivity contribution >= 4 is 11.8 Å². The highest BCUT2D eigenvalue weighted by Crippen LogP contribution is 2.29. The van der Waals surface area contributed by atoms with E-state index < -0.39 is 6.04 Å². The number of para-hydroxylation sites is 1. The van der Waals surface area contributed by atoms with Crippen LogP contribution < -0.4 is 4.74 Å². The van der Waals surface area contributed by atoms with E-state index in [9.17, 15) is 14.9 Å². The standard InChI is InChI=1S/C22H29N3O5/c1-14-21(26)24(2)11-10-16-8-9-18(28-4)19(30-16)13-29-20-15(12-23)6-5-7-17(20)22(27)25(14)3/h5-7,14,16,18-19H,8-11,13H2,1-4H3/t14-,16-,18+,19+/m0/s1. The Labute approximate surface area is 177 Å². The zero-order chi connectivity index (χ0) is 21.8. The van der Waals surface area contributed by atoms with Crippen molar-refractivity contribution in [3.63, 3.8) is 0 Å². The zero-order valence-corrected chi connectivity index (χ0v) is 18.0. The van der Waals surface area contributed by atoms with Gasteiger partial charge < -0.3 is 24.0 Å². The summed E-state index contributed by atoms with van der Waals surface area (Å²) in [6.07, 6.45) is 1.87. The molecule has 8 nitrogen and oxygen atoms in total. The van der Waals surface area contributed by atoms with Crippen molar-refractivity contribution in [3.05, 3.63) is 29.3 Å². The van der Waals surface area contributed by atoms with Crippen molar-refractivity contribution in [2.24, 2.45) is 0 Å². The summed E-state index contributed by atoms with van der Waals surface area (Å²) in [6, 6.07) is 6.30. The molecule has 162 valence electrons. The fraction of sp³-hybridized carbons (Fsp3) is 0.591. The van der Waals surface area contributed by atoms with Crippen LogP contribution in [0, 0.1) is 11.3 Å². The molecule has 2 aliphatic rings. The number of hydrogen-bond acceptors (Lipinski definition) is 6. The van der Waals surface area contributed by atoms with Crippen molar-refractivity contribution in [1.29, 1.82) is 5.26 Å². The molecule has 0 radical (unpaired) electrons. The van der Waals surface area contributed by atoms with Crippen LogP contribution in [0.5, 0.6) is 5.75 Å². The molecule has 4 atom stereocenters. The van der Waals surface area contributed by atoms with Gasteiger partial charge >= 0.3 is 0 Å². The third-order valence-electron chi connectivity index (χ3n) is 6.04. The highest BCUT2D eigenvalue weighted by Gasteiger charge is 2.34. The average Bonchev–Trinajstić information content (AvgIpc) is 2.78. The Balaban J connectivity index is 2.00. The molecular weight excluding hydrogens is 386 g/mol. The Hall–Kier alpha value is -2.63. The maximum Gasteiger partial charge on any atom is 0.258 e. The third-order valence-corrected chi connectivity index (χ3v) is 6.04. The molecule has 2 aliphatic heterocycles. The number of rotatable bonds is 1. The first-order valence-corrected chi connectivity index (χ1v) is 10.2. The predicted molar refractivity (Wildman–Crippen MR) is 109 cm³/mol. The summed E-state index contributed by atoms with van der Waals surface area (Å²) in [4.78, 5) is 29.1. The summed E-state index contributed by atoms with van der Waals surface area (Å²) in [6.45, 7) is 2.41. The lowest BCUT2D eigenvalue weighted by atomic mass is 9.99. The highest BCUT2D eigenvalue weighted by molar-refractivity contribution is 6.00. The normalized spacial score (nSPS) is 28.2. The van der Waals surface area contributed by atoms with Crippen LogP contribution in [-0.2, 0) is 14.3 Å². The van der Waals surface area contributed by atoms with E-state index in [1.807, 2.05) is 0 Å². The van der Waals surface area contributed by atoms with E-state index in [0.717, 1.165) is 12.8 Å². The van der Waals surface area contributed by atoms with Gasteiger partial charge in [0.15, 0.2) is 0 Å². The molecule has 1 fully saturated rings. The molecule has 3 rings (SSSR count). The lowest BCUT2D eigenvalue weighted by Gasteiger charge is -2.37. The minimum Gasteiger partial charge on any atom is -0.489 e. The van der Waals surface area contributed by atoms with Gasteiger partial charge in [-0.1, -0.05) is 6.07 Å². The van der Waals surface area contributed by atoms with E-state index >= 15 is 0 Å². The van der Waals surface area contributed by atoms with Crippen LogP contribution in [0.1, 0.15) is 42.1 Å². The predicted octanol–water partition coefficient (Wildman–Crippen LogP) is 1.82. The summed E-state index contributed by atoms with van der Waals surface area (Å²) in [5.41, 5.74) is 0.510. The summed E-state index contributed by atoms with van der Waals surface area (Å²) in [5, 5.41) is 9.55.